The standard InChI is InChI=1S/C4H10O4.Ba.2H/c5-1-3-7-8-4-2-6;;;/h5-6H,1-4H2;;;. The Morgan fingerprint density at radius 3 is 1.44 bits per heavy atom. The third-order valence-electron chi connectivity index (χ3n) is 0.433. The van der Waals surface area contributed by atoms with E-state index in [1.165, 1.54) is 0 Å². The molecule has 4 nitrogen and oxygen atoms in total. The maximum atomic E-state index is 8.10. The van der Waals surface area contributed by atoms with Gasteiger partial charge in [-0.3, -0.25) is 0 Å². The Balaban J connectivity index is 0. The summed E-state index contributed by atoms with van der Waals surface area (Å²) in [7, 11) is 0. The van der Waals surface area contributed by atoms with Gasteiger partial charge in [-0.15, -0.1) is 0 Å². The normalized spacial score (nSPS) is 8.67. The molecule has 0 fully saturated rings. The van der Waals surface area contributed by atoms with Crippen LogP contribution in [0.5, 0.6) is 0 Å². The minimum absolute atomic E-state index is 0. The maximum absolute atomic E-state index is 8.10. The molecule has 0 aliphatic heterocycles. The number of hydrogen-bond donors (Lipinski definition) is 2. The van der Waals surface area contributed by atoms with Crippen LogP contribution in [0.15, 0.2) is 0 Å². The summed E-state index contributed by atoms with van der Waals surface area (Å²) in [4.78, 5) is 8.63. The van der Waals surface area contributed by atoms with Crippen LogP contribution in [0.25, 0.3) is 0 Å². The van der Waals surface area contributed by atoms with Crippen molar-refractivity contribution in [3.8, 4) is 0 Å². The van der Waals surface area contributed by atoms with Gasteiger partial charge in [0.25, 0.3) is 0 Å². The molecule has 5 heteroatoms. The minimum atomic E-state index is -0.0641. The number of aliphatic hydroxyl groups excluding tert-OH is 2. The number of hydrogen-bond acceptors (Lipinski definition) is 4. The predicted molar refractivity (Wildman–Crippen MR) is 34.6 cm³/mol. The van der Waals surface area contributed by atoms with Gasteiger partial charge in [-0.2, -0.15) is 0 Å². The van der Waals surface area contributed by atoms with Gasteiger partial charge in [-0.25, -0.2) is 9.78 Å². The van der Waals surface area contributed by atoms with Gasteiger partial charge in [0.2, 0.25) is 0 Å². The predicted octanol–water partition coefficient (Wildman–Crippen LogP) is -2.00. The Hall–Kier alpha value is 1.41. The molecule has 0 rings (SSSR count). The number of rotatable bonds is 5. The molecule has 54 valence electrons. The molecular formula is C4H12BaO4. The molecule has 0 aliphatic rings. The molecule has 0 saturated heterocycles. The summed E-state index contributed by atoms with van der Waals surface area (Å²) in [6.07, 6.45) is 0. The average molecular weight is 261 g/mol. The van der Waals surface area contributed by atoms with Crippen molar-refractivity contribution in [3.05, 3.63) is 0 Å². The molecular weight excluding hydrogens is 249 g/mol. The van der Waals surface area contributed by atoms with Crippen LogP contribution < -0.4 is 0 Å². The second-order valence-electron chi connectivity index (χ2n) is 1.09. The zero-order valence-electron chi connectivity index (χ0n) is 4.54. The summed E-state index contributed by atoms with van der Waals surface area (Å²) in [5, 5.41) is 16.2. The molecule has 0 aliphatic carbocycles. The van der Waals surface area contributed by atoms with E-state index in [1.54, 1.807) is 0 Å². The molecule has 0 saturated carbocycles. The first-order chi connectivity index (χ1) is 3.91. The van der Waals surface area contributed by atoms with Gasteiger partial charge in [-0.05, 0) is 0 Å². The molecule has 0 unspecified atom stereocenters. The Labute approximate surface area is 94.2 Å². The topological polar surface area (TPSA) is 58.9 Å². The van der Waals surface area contributed by atoms with Crippen molar-refractivity contribution < 1.29 is 20.0 Å². The summed E-state index contributed by atoms with van der Waals surface area (Å²) < 4.78 is 0. The van der Waals surface area contributed by atoms with Crippen molar-refractivity contribution in [1.29, 1.82) is 0 Å². The van der Waals surface area contributed by atoms with Gasteiger partial charge in [-0.1, -0.05) is 0 Å². The summed E-state index contributed by atoms with van der Waals surface area (Å²) in [6.45, 7) is 0.177. The molecule has 0 aromatic rings. The van der Waals surface area contributed by atoms with E-state index in [4.69, 9.17) is 10.2 Å². The van der Waals surface area contributed by atoms with Crippen molar-refractivity contribution in [2.45, 2.75) is 0 Å². The van der Waals surface area contributed by atoms with Gasteiger partial charge in [0.1, 0.15) is 13.2 Å². The van der Waals surface area contributed by atoms with Crippen LogP contribution in [-0.4, -0.2) is 85.5 Å². The Morgan fingerprint density at radius 1 is 0.889 bits per heavy atom. The van der Waals surface area contributed by atoms with Crippen LogP contribution >= 0.6 is 0 Å². The second kappa shape index (κ2) is 12.1. The summed E-state index contributed by atoms with van der Waals surface area (Å²) >= 11 is 0. The first kappa shape index (κ1) is 13.0. The van der Waals surface area contributed by atoms with E-state index in [0.717, 1.165) is 0 Å². The molecule has 0 radical (unpaired) electrons. The summed E-state index contributed by atoms with van der Waals surface area (Å²) in [5.41, 5.74) is 0. The molecule has 9 heavy (non-hydrogen) atoms. The zero-order valence-corrected chi connectivity index (χ0v) is 4.54. The van der Waals surface area contributed by atoms with Crippen LogP contribution in [0, 0.1) is 0 Å². The molecule has 0 spiro atoms. The van der Waals surface area contributed by atoms with Crippen molar-refractivity contribution >= 4 is 48.9 Å². The van der Waals surface area contributed by atoms with Gasteiger partial charge in [0.05, 0.1) is 13.2 Å². The summed E-state index contributed by atoms with van der Waals surface area (Å²) in [6, 6.07) is 0. The van der Waals surface area contributed by atoms with Gasteiger partial charge in [0.15, 0.2) is 0 Å². The van der Waals surface area contributed by atoms with E-state index in [1.807, 2.05) is 0 Å². The molecule has 0 bridgehead atoms. The Bertz CT molecular complexity index is 37.5. The first-order valence-electron chi connectivity index (χ1n) is 2.38. The van der Waals surface area contributed by atoms with Crippen LogP contribution in [0.4, 0.5) is 0 Å². The Morgan fingerprint density at radius 2 is 1.22 bits per heavy atom. The van der Waals surface area contributed by atoms with Gasteiger partial charge in [0, 0.05) is 0 Å². The molecule has 0 aromatic carbocycles. The molecule has 2 N–H and O–H groups in total. The third kappa shape index (κ3) is 12.6. The van der Waals surface area contributed by atoms with Crippen molar-refractivity contribution in [3.63, 3.8) is 0 Å². The molecule has 0 amide bonds. The summed E-state index contributed by atoms with van der Waals surface area (Å²) in [5.74, 6) is 0. The fourth-order valence-corrected chi connectivity index (χ4v) is 0.192. The van der Waals surface area contributed by atoms with Crippen molar-refractivity contribution in [1.82, 2.24) is 0 Å². The van der Waals surface area contributed by atoms with Gasteiger partial charge >= 0.3 is 48.9 Å². The van der Waals surface area contributed by atoms with E-state index in [0.29, 0.717) is 0 Å². The number of aliphatic hydroxyl groups is 2. The molecule has 0 heterocycles. The van der Waals surface area contributed by atoms with E-state index in [-0.39, 0.29) is 75.3 Å². The monoisotopic (exact) mass is 262 g/mol. The van der Waals surface area contributed by atoms with Crippen LogP contribution in [0.3, 0.4) is 0 Å². The van der Waals surface area contributed by atoms with E-state index in [9.17, 15) is 0 Å². The SMILES string of the molecule is OCCOOCCO.[BaH2]. The second-order valence-corrected chi connectivity index (χ2v) is 1.09. The van der Waals surface area contributed by atoms with E-state index >= 15 is 0 Å². The fourth-order valence-electron chi connectivity index (χ4n) is 0.192. The van der Waals surface area contributed by atoms with Crippen LogP contribution in [-0.2, 0) is 9.78 Å². The average Bonchev–Trinajstić information content (AvgIpc) is 1.81. The molecule has 0 atom stereocenters. The van der Waals surface area contributed by atoms with Crippen LogP contribution in [0.2, 0.25) is 0 Å². The van der Waals surface area contributed by atoms with E-state index < -0.39 is 0 Å². The van der Waals surface area contributed by atoms with Gasteiger partial charge < -0.3 is 10.2 Å². The third-order valence-corrected chi connectivity index (χ3v) is 0.433. The Kier molecular flexibility index (Phi) is 17.6. The van der Waals surface area contributed by atoms with E-state index in [2.05, 4.69) is 9.78 Å². The molecule has 0 aromatic heterocycles. The first-order valence-corrected chi connectivity index (χ1v) is 2.38. The quantitative estimate of drug-likeness (QED) is 0.260. The fraction of sp³-hybridized carbons (Fsp3) is 1.00. The zero-order chi connectivity index (χ0) is 6.24. The van der Waals surface area contributed by atoms with Crippen molar-refractivity contribution in [2.75, 3.05) is 26.4 Å². The van der Waals surface area contributed by atoms with Crippen molar-refractivity contribution in [2.24, 2.45) is 0 Å². The van der Waals surface area contributed by atoms with Crippen LogP contribution in [0.1, 0.15) is 0 Å².